The first-order valence-electron chi connectivity index (χ1n) is 10.9. The van der Waals surface area contributed by atoms with Gasteiger partial charge in [-0.1, -0.05) is 0 Å². The van der Waals surface area contributed by atoms with E-state index in [1.165, 1.54) is 9.18 Å². The zero-order valence-electron chi connectivity index (χ0n) is 18.0. The summed E-state index contributed by atoms with van der Waals surface area (Å²) in [5, 5.41) is 7.27. The molecule has 0 bridgehead atoms. The number of esters is 1. The maximum atomic E-state index is 12.7. The summed E-state index contributed by atoms with van der Waals surface area (Å²) in [6.45, 7) is 3.26. The fraction of sp³-hybridized carbons (Fsp3) is 0.455. The van der Waals surface area contributed by atoms with Crippen molar-refractivity contribution in [3.05, 3.63) is 40.3 Å². The molecular weight excluding hydrogens is 466 g/mol. The molecule has 172 valence electrons. The summed E-state index contributed by atoms with van der Waals surface area (Å²) in [5.41, 5.74) is 2.33. The molecule has 32 heavy (non-hydrogen) atoms. The molecule has 0 radical (unpaired) electrons. The first-order chi connectivity index (χ1) is 15.4. The number of nitrogens with one attached hydrogen (secondary N) is 2. The fourth-order valence-electron chi connectivity index (χ4n) is 4.13. The van der Waals surface area contributed by atoms with Crippen molar-refractivity contribution in [2.24, 2.45) is 0 Å². The van der Waals surface area contributed by atoms with Gasteiger partial charge in [0.05, 0.1) is 17.1 Å². The molecule has 0 saturated carbocycles. The van der Waals surface area contributed by atoms with Crippen LogP contribution in [0.1, 0.15) is 53.4 Å². The Bertz CT molecular complexity index is 1100. The molecule has 4 rings (SSSR count). The molecule has 0 atom stereocenters. The number of anilines is 2. The Morgan fingerprint density at radius 1 is 1.09 bits per heavy atom. The van der Waals surface area contributed by atoms with E-state index in [0.29, 0.717) is 41.1 Å². The second-order valence-electron chi connectivity index (χ2n) is 7.85. The van der Waals surface area contributed by atoms with E-state index in [4.69, 9.17) is 17.0 Å². The van der Waals surface area contributed by atoms with Crippen molar-refractivity contribution in [1.29, 1.82) is 0 Å². The summed E-state index contributed by atoms with van der Waals surface area (Å²) in [5.74, 6) is -0.325. The monoisotopic (exact) mass is 493 g/mol. The van der Waals surface area contributed by atoms with Gasteiger partial charge in [0.2, 0.25) is 10.0 Å². The lowest BCUT2D eigenvalue weighted by atomic mass is 9.95. The van der Waals surface area contributed by atoms with Gasteiger partial charge in [-0.25, -0.2) is 13.2 Å². The van der Waals surface area contributed by atoms with Crippen LogP contribution in [-0.4, -0.2) is 43.5 Å². The van der Waals surface area contributed by atoms with Crippen molar-refractivity contribution >= 4 is 55.3 Å². The van der Waals surface area contributed by atoms with E-state index >= 15 is 0 Å². The molecule has 0 amide bonds. The fourth-order valence-corrected chi connectivity index (χ4v) is 7.21. The van der Waals surface area contributed by atoms with Crippen molar-refractivity contribution in [2.75, 3.05) is 30.3 Å². The minimum atomic E-state index is -3.45. The number of rotatable bonds is 6. The third-order valence-corrected chi connectivity index (χ3v) is 9.02. The lowest BCUT2D eigenvalue weighted by Gasteiger charge is -2.16. The van der Waals surface area contributed by atoms with Crippen molar-refractivity contribution in [3.8, 4) is 0 Å². The highest BCUT2D eigenvalue weighted by atomic mass is 32.2. The lowest BCUT2D eigenvalue weighted by Crippen LogP contribution is -2.27. The number of thiophene rings is 1. The van der Waals surface area contributed by atoms with E-state index < -0.39 is 10.0 Å². The minimum absolute atomic E-state index is 0.277. The lowest BCUT2D eigenvalue weighted by molar-refractivity contribution is 0.0526. The van der Waals surface area contributed by atoms with Gasteiger partial charge in [-0.3, -0.25) is 0 Å². The highest BCUT2D eigenvalue weighted by molar-refractivity contribution is 7.89. The average Bonchev–Trinajstić information content (AvgIpc) is 3.42. The summed E-state index contributed by atoms with van der Waals surface area (Å²) in [6.07, 6.45) is 5.81. The Balaban J connectivity index is 1.47. The average molecular weight is 494 g/mol. The van der Waals surface area contributed by atoms with Crippen LogP contribution in [0.2, 0.25) is 0 Å². The number of benzene rings is 1. The largest absolute Gasteiger partial charge is 0.462 e. The van der Waals surface area contributed by atoms with Crippen LogP contribution >= 0.6 is 23.6 Å². The van der Waals surface area contributed by atoms with Gasteiger partial charge in [0.15, 0.2) is 5.11 Å². The molecule has 1 saturated heterocycles. The molecule has 10 heteroatoms. The normalized spacial score (nSPS) is 16.4. The van der Waals surface area contributed by atoms with Gasteiger partial charge in [0, 0.05) is 23.7 Å². The van der Waals surface area contributed by atoms with Gasteiger partial charge in [-0.05, 0) is 87.5 Å². The number of carbonyl (C=O) groups excluding carboxylic acids is 1. The maximum absolute atomic E-state index is 12.7. The van der Waals surface area contributed by atoms with Gasteiger partial charge >= 0.3 is 5.97 Å². The van der Waals surface area contributed by atoms with Crippen LogP contribution in [0.4, 0.5) is 10.7 Å². The van der Waals surface area contributed by atoms with Gasteiger partial charge in [-0.15, -0.1) is 11.3 Å². The molecule has 2 aliphatic rings. The third-order valence-electron chi connectivity index (χ3n) is 5.69. The molecule has 2 N–H and O–H groups in total. The van der Waals surface area contributed by atoms with Crippen molar-refractivity contribution in [3.63, 3.8) is 0 Å². The Morgan fingerprint density at radius 2 is 1.78 bits per heavy atom. The van der Waals surface area contributed by atoms with E-state index in [1.54, 1.807) is 42.5 Å². The molecule has 7 nitrogen and oxygen atoms in total. The summed E-state index contributed by atoms with van der Waals surface area (Å²) in [4.78, 5) is 14.1. The number of hydrogen-bond donors (Lipinski definition) is 2. The van der Waals surface area contributed by atoms with E-state index in [2.05, 4.69) is 10.6 Å². The van der Waals surface area contributed by atoms with E-state index in [1.807, 2.05) is 0 Å². The predicted octanol–water partition coefficient (Wildman–Crippen LogP) is 4.40. The SMILES string of the molecule is CCOC(=O)c1c(NC(=S)Nc2ccc(S(=O)(=O)N3CCCC3)cc2)sc2c1CCCC2. The molecule has 1 aromatic carbocycles. The Kier molecular flexibility index (Phi) is 7.14. The zero-order valence-corrected chi connectivity index (χ0v) is 20.4. The van der Waals surface area contributed by atoms with Crippen LogP contribution in [0.25, 0.3) is 0 Å². The molecule has 0 spiro atoms. The highest BCUT2D eigenvalue weighted by Crippen LogP contribution is 2.38. The Labute approximate surface area is 198 Å². The maximum Gasteiger partial charge on any atom is 0.341 e. The van der Waals surface area contributed by atoms with Gasteiger partial charge in [0.25, 0.3) is 0 Å². The zero-order chi connectivity index (χ0) is 22.7. The number of nitrogens with zero attached hydrogens (tertiary/aromatic N) is 1. The van der Waals surface area contributed by atoms with Crippen LogP contribution in [-0.2, 0) is 27.6 Å². The molecule has 1 fully saturated rings. The quantitative estimate of drug-likeness (QED) is 0.456. The standard InChI is InChI=1S/C22H27N3O4S3/c1-2-29-21(26)19-17-7-3-4-8-18(17)31-20(19)24-22(30)23-15-9-11-16(12-10-15)32(27,28)25-13-5-6-14-25/h9-12H,2-8,13-14H2,1H3,(H2,23,24,30). The van der Waals surface area contributed by atoms with Crippen molar-refractivity contribution in [1.82, 2.24) is 4.31 Å². The number of hydrogen-bond acceptors (Lipinski definition) is 6. The van der Waals surface area contributed by atoms with Crippen molar-refractivity contribution < 1.29 is 17.9 Å². The Morgan fingerprint density at radius 3 is 2.47 bits per heavy atom. The van der Waals surface area contributed by atoms with Gasteiger partial charge in [-0.2, -0.15) is 4.31 Å². The molecule has 1 aliphatic heterocycles. The molecule has 2 heterocycles. The number of carbonyl (C=O) groups is 1. The van der Waals surface area contributed by atoms with Crippen LogP contribution in [0.5, 0.6) is 0 Å². The number of ether oxygens (including phenoxy) is 1. The first-order valence-corrected chi connectivity index (χ1v) is 13.6. The van der Waals surface area contributed by atoms with E-state index in [-0.39, 0.29) is 10.9 Å². The van der Waals surface area contributed by atoms with Crippen LogP contribution < -0.4 is 10.6 Å². The molecule has 1 aliphatic carbocycles. The minimum Gasteiger partial charge on any atom is -0.462 e. The number of fused-ring (bicyclic) bond motifs is 1. The molecule has 2 aromatic rings. The first kappa shape index (κ1) is 23.2. The van der Waals surface area contributed by atoms with E-state index in [0.717, 1.165) is 44.1 Å². The van der Waals surface area contributed by atoms with Crippen LogP contribution in [0.3, 0.4) is 0 Å². The third kappa shape index (κ3) is 4.83. The summed E-state index contributed by atoms with van der Waals surface area (Å²) >= 11 is 7.02. The smallest absolute Gasteiger partial charge is 0.341 e. The summed E-state index contributed by atoms with van der Waals surface area (Å²) < 4.78 is 32.2. The second kappa shape index (κ2) is 9.86. The van der Waals surface area contributed by atoms with Crippen molar-refractivity contribution in [2.45, 2.75) is 50.3 Å². The van der Waals surface area contributed by atoms with Crippen LogP contribution in [0.15, 0.2) is 29.2 Å². The van der Waals surface area contributed by atoms with Crippen LogP contribution in [0, 0.1) is 0 Å². The molecule has 1 aromatic heterocycles. The second-order valence-corrected chi connectivity index (χ2v) is 11.3. The summed E-state index contributed by atoms with van der Waals surface area (Å²) in [6, 6.07) is 6.57. The topological polar surface area (TPSA) is 87.7 Å². The number of thiocarbonyl (C=S) groups is 1. The number of sulfonamides is 1. The molecule has 0 unspecified atom stereocenters. The molecular formula is C22H27N3O4S3. The van der Waals surface area contributed by atoms with Gasteiger partial charge < -0.3 is 15.4 Å². The summed E-state index contributed by atoms with van der Waals surface area (Å²) in [7, 11) is -3.45. The number of aryl methyl sites for hydroxylation is 1. The van der Waals surface area contributed by atoms with Gasteiger partial charge in [0.1, 0.15) is 5.00 Å². The highest BCUT2D eigenvalue weighted by Gasteiger charge is 2.28. The van der Waals surface area contributed by atoms with E-state index in [9.17, 15) is 13.2 Å². The predicted molar refractivity (Wildman–Crippen MR) is 131 cm³/mol. The Hall–Kier alpha value is -2.01.